The summed E-state index contributed by atoms with van der Waals surface area (Å²) in [6, 6.07) is 19.3. The lowest BCUT2D eigenvalue weighted by Gasteiger charge is -2.08. The van der Waals surface area contributed by atoms with E-state index in [-0.39, 0.29) is 5.75 Å². The number of hydrogen-bond donors (Lipinski definition) is 2. The first-order valence-electron chi connectivity index (χ1n) is 8.64. The highest BCUT2D eigenvalue weighted by Crippen LogP contribution is 2.20. The normalized spacial score (nSPS) is 10.5. The van der Waals surface area contributed by atoms with Crippen LogP contribution in [0.2, 0.25) is 0 Å². The quantitative estimate of drug-likeness (QED) is 0.291. The summed E-state index contributed by atoms with van der Waals surface area (Å²) in [5.41, 5.74) is 3.80. The van der Waals surface area contributed by atoms with E-state index in [1.165, 1.54) is 37.6 Å². The van der Waals surface area contributed by atoms with Crippen molar-refractivity contribution >= 4 is 18.1 Å². The topological polar surface area (TPSA) is 97.2 Å². The SMILES string of the molecule is COc1ccccc1C(=O)Oc1ccc(C=NNC(=O)c2ccc(O)cc2)cc1. The Hall–Kier alpha value is -4.13. The predicted molar refractivity (Wildman–Crippen MR) is 108 cm³/mol. The number of hydrazone groups is 1. The van der Waals surface area contributed by atoms with Crippen molar-refractivity contribution in [3.05, 3.63) is 89.5 Å². The smallest absolute Gasteiger partial charge is 0.347 e. The number of phenols is 1. The number of phenolic OH excluding ortho intramolecular Hbond substituents is 1. The zero-order chi connectivity index (χ0) is 20.6. The number of carbonyl (C=O) groups is 2. The number of amides is 1. The Kier molecular flexibility index (Phi) is 6.22. The van der Waals surface area contributed by atoms with Crippen LogP contribution in [0.3, 0.4) is 0 Å². The van der Waals surface area contributed by atoms with E-state index in [1.54, 1.807) is 48.5 Å². The van der Waals surface area contributed by atoms with E-state index in [1.807, 2.05) is 0 Å². The summed E-state index contributed by atoms with van der Waals surface area (Å²) in [5, 5.41) is 13.1. The summed E-state index contributed by atoms with van der Waals surface area (Å²) in [6.07, 6.45) is 1.46. The minimum atomic E-state index is -0.523. The number of rotatable bonds is 6. The summed E-state index contributed by atoms with van der Waals surface area (Å²) >= 11 is 0. The molecular weight excluding hydrogens is 372 g/mol. The Bertz CT molecular complexity index is 1030. The molecule has 0 fully saturated rings. The number of benzene rings is 3. The van der Waals surface area contributed by atoms with Crippen molar-refractivity contribution in [2.24, 2.45) is 5.10 Å². The summed E-state index contributed by atoms with van der Waals surface area (Å²) in [4.78, 5) is 24.2. The minimum absolute atomic E-state index is 0.0801. The zero-order valence-electron chi connectivity index (χ0n) is 15.5. The third-order valence-electron chi connectivity index (χ3n) is 3.93. The molecule has 3 rings (SSSR count). The third-order valence-corrected chi connectivity index (χ3v) is 3.93. The summed E-state index contributed by atoms with van der Waals surface area (Å²) in [7, 11) is 1.49. The molecule has 0 aliphatic rings. The Labute approximate surface area is 167 Å². The molecule has 0 spiro atoms. The van der Waals surface area contributed by atoms with E-state index < -0.39 is 11.9 Å². The summed E-state index contributed by atoms with van der Waals surface area (Å²) in [5.74, 6) is -0.0398. The highest BCUT2D eigenvalue weighted by Gasteiger charge is 2.13. The molecule has 0 bridgehead atoms. The third kappa shape index (κ3) is 5.20. The van der Waals surface area contributed by atoms with Gasteiger partial charge >= 0.3 is 5.97 Å². The van der Waals surface area contributed by atoms with Crippen LogP contribution in [0, 0.1) is 0 Å². The van der Waals surface area contributed by atoms with Crippen LogP contribution in [-0.4, -0.2) is 30.3 Å². The van der Waals surface area contributed by atoms with E-state index in [2.05, 4.69) is 10.5 Å². The molecule has 0 heterocycles. The van der Waals surface area contributed by atoms with E-state index in [9.17, 15) is 14.7 Å². The molecule has 7 heteroatoms. The van der Waals surface area contributed by atoms with Gasteiger partial charge < -0.3 is 14.6 Å². The van der Waals surface area contributed by atoms with Gasteiger partial charge in [0, 0.05) is 5.56 Å². The number of nitrogens with zero attached hydrogens (tertiary/aromatic N) is 1. The molecule has 29 heavy (non-hydrogen) atoms. The Morgan fingerprint density at radius 1 is 0.966 bits per heavy atom. The summed E-state index contributed by atoms with van der Waals surface area (Å²) in [6.45, 7) is 0. The molecule has 0 saturated heterocycles. The van der Waals surface area contributed by atoms with Crippen molar-refractivity contribution < 1.29 is 24.2 Å². The van der Waals surface area contributed by atoms with E-state index >= 15 is 0 Å². The maximum atomic E-state index is 12.3. The molecule has 0 radical (unpaired) electrons. The first-order valence-corrected chi connectivity index (χ1v) is 8.64. The second-order valence-corrected chi connectivity index (χ2v) is 5.90. The molecule has 146 valence electrons. The zero-order valence-corrected chi connectivity index (χ0v) is 15.5. The standard InChI is InChI=1S/C22H18N2O5/c1-28-20-5-3-2-4-19(20)22(27)29-18-12-6-15(7-13-18)14-23-24-21(26)16-8-10-17(25)11-9-16/h2-14,25H,1H3,(H,24,26). The van der Waals surface area contributed by atoms with Crippen molar-refractivity contribution in [3.8, 4) is 17.2 Å². The average Bonchev–Trinajstić information content (AvgIpc) is 2.75. The molecule has 0 atom stereocenters. The second-order valence-electron chi connectivity index (χ2n) is 5.90. The first-order chi connectivity index (χ1) is 14.1. The van der Waals surface area contributed by atoms with Crippen molar-refractivity contribution in [3.63, 3.8) is 0 Å². The molecule has 0 saturated carbocycles. The van der Waals surface area contributed by atoms with E-state index in [0.29, 0.717) is 28.2 Å². The fourth-order valence-corrected chi connectivity index (χ4v) is 2.44. The molecular formula is C22H18N2O5. The van der Waals surface area contributed by atoms with Gasteiger partial charge in [0.2, 0.25) is 0 Å². The van der Waals surface area contributed by atoms with Crippen molar-refractivity contribution in [2.75, 3.05) is 7.11 Å². The second kappa shape index (κ2) is 9.18. The molecule has 1 amide bonds. The van der Waals surface area contributed by atoms with Gasteiger partial charge in [-0.3, -0.25) is 4.79 Å². The van der Waals surface area contributed by atoms with Gasteiger partial charge in [-0.25, -0.2) is 10.2 Å². The van der Waals surface area contributed by atoms with Crippen LogP contribution >= 0.6 is 0 Å². The first kappa shape index (κ1) is 19.6. The van der Waals surface area contributed by atoms with Gasteiger partial charge in [0.25, 0.3) is 5.91 Å². The van der Waals surface area contributed by atoms with E-state index in [0.717, 1.165) is 0 Å². The lowest BCUT2D eigenvalue weighted by atomic mass is 10.2. The van der Waals surface area contributed by atoms with Gasteiger partial charge in [-0.05, 0) is 66.2 Å². The number of ether oxygens (including phenoxy) is 2. The maximum Gasteiger partial charge on any atom is 0.347 e. The van der Waals surface area contributed by atoms with Crippen LogP contribution in [0.15, 0.2) is 77.9 Å². The Balaban J connectivity index is 1.58. The molecule has 0 aliphatic heterocycles. The lowest BCUT2D eigenvalue weighted by molar-refractivity contribution is 0.0731. The molecule has 7 nitrogen and oxygen atoms in total. The van der Waals surface area contributed by atoms with Gasteiger partial charge in [-0.1, -0.05) is 12.1 Å². The molecule has 0 aliphatic carbocycles. The number of methoxy groups -OCH3 is 1. The molecule has 3 aromatic rings. The molecule has 0 aromatic heterocycles. The highest BCUT2D eigenvalue weighted by molar-refractivity contribution is 5.95. The number of aromatic hydroxyl groups is 1. The fourth-order valence-electron chi connectivity index (χ4n) is 2.44. The van der Waals surface area contributed by atoms with Crippen molar-refractivity contribution in [2.45, 2.75) is 0 Å². The maximum absolute atomic E-state index is 12.3. The lowest BCUT2D eigenvalue weighted by Crippen LogP contribution is -2.17. The fraction of sp³-hybridized carbons (Fsp3) is 0.0455. The van der Waals surface area contributed by atoms with Gasteiger partial charge in [0.15, 0.2) is 0 Å². The molecule has 2 N–H and O–H groups in total. The van der Waals surface area contributed by atoms with Crippen LogP contribution in [-0.2, 0) is 0 Å². The monoisotopic (exact) mass is 390 g/mol. The number of para-hydroxylation sites is 1. The predicted octanol–water partition coefficient (Wildman–Crippen LogP) is 3.38. The minimum Gasteiger partial charge on any atom is -0.508 e. The van der Waals surface area contributed by atoms with E-state index in [4.69, 9.17) is 9.47 Å². The molecule has 3 aromatic carbocycles. The van der Waals surface area contributed by atoms with Crippen molar-refractivity contribution in [1.82, 2.24) is 5.43 Å². The number of nitrogens with one attached hydrogen (secondary N) is 1. The van der Waals surface area contributed by atoms with Crippen LogP contribution in [0.25, 0.3) is 0 Å². The van der Waals surface area contributed by atoms with Crippen LogP contribution in [0.4, 0.5) is 0 Å². The van der Waals surface area contributed by atoms with Crippen LogP contribution in [0.1, 0.15) is 26.3 Å². The average molecular weight is 390 g/mol. The highest BCUT2D eigenvalue weighted by atomic mass is 16.5. The molecule has 0 unspecified atom stereocenters. The summed E-state index contributed by atoms with van der Waals surface area (Å²) < 4.78 is 10.5. The van der Waals surface area contributed by atoms with Gasteiger partial charge in [-0.2, -0.15) is 5.10 Å². The number of hydrogen-bond acceptors (Lipinski definition) is 6. The number of carbonyl (C=O) groups excluding carboxylic acids is 2. The van der Waals surface area contributed by atoms with Crippen LogP contribution in [0.5, 0.6) is 17.2 Å². The van der Waals surface area contributed by atoms with Gasteiger partial charge in [-0.15, -0.1) is 0 Å². The largest absolute Gasteiger partial charge is 0.508 e. The Morgan fingerprint density at radius 2 is 1.66 bits per heavy atom. The van der Waals surface area contributed by atoms with Gasteiger partial charge in [0.05, 0.1) is 13.3 Å². The van der Waals surface area contributed by atoms with Crippen LogP contribution < -0.4 is 14.9 Å². The van der Waals surface area contributed by atoms with Crippen molar-refractivity contribution in [1.29, 1.82) is 0 Å². The van der Waals surface area contributed by atoms with Gasteiger partial charge in [0.1, 0.15) is 22.8 Å². The number of esters is 1. The Morgan fingerprint density at radius 3 is 2.34 bits per heavy atom.